The molecule has 0 amide bonds. The topological polar surface area (TPSA) is 84.7 Å². The van der Waals surface area contributed by atoms with Crippen molar-refractivity contribution in [3.63, 3.8) is 0 Å². The van der Waals surface area contributed by atoms with Crippen LogP contribution in [-0.4, -0.2) is 32.9 Å². The van der Waals surface area contributed by atoms with Gasteiger partial charge in [0.1, 0.15) is 5.75 Å². The Morgan fingerprint density at radius 1 is 1.33 bits per heavy atom. The summed E-state index contributed by atoms with van der Waals surface area (Å²) in [6.45, 7) is 4.40. The van der Waals surface area contributed by atoms with Crippen LogP contribution in [0.4, 0.5) is 11.4 Å². The van der Waals surface area contributed by atoms with Gasteiger partial charge in [-0.25, -0.2) is 0 Å². The number of ether oxygens (including phenoxy) is 1. The minimum absolute atomic E-state index is 0.415. The first-order valence-corrected chi connectivity index (χ1v) is 7.10. The highest BCUT2D eigenvalue weighted by Crippen LogP contribution is 2.25. The number of hydrogen-bond donors (Lipinski definition) is 2. The van der Waals surface area contributed by atoms with Crippen LogP contribution < -0.4 is 15.2 Å². The molecule has 0 radical (unpaired) electrons. The van der Waals surface area contributed by atoms with Crippen molar-refractivity contribution in [2.75, 3.05) is 30.7 Å². The number of nitrogens with zero attached hydrogens (tertiary/aromatic N) is 1. The van der Waals surface area contributed by atoms with Crippen LogP contribution in [-0.2, 0) is 10.2 Å². The van der Waals surface area contributed by atoms with Gasteiger partial charge in [0.2, 0.25) is 0 Å². The summed E-state index contributed by atoms with van der Waals surface area (Å²) < 4.78 is 32.8. The van der Waals surface area contributed by atoms with Crippen LogP contribution in [0.5, 0.6) is 5.75 Å². The Hall–Kier alpha value is -1.47. The molecule has 0 unspecified atom stereocenters. The summed E-state index contributed by atoms with van der Waals surface area (Å²) in [5.74, 6) is 0.440. The smallest absolute Gasteiger partial charge is 0.301 e. The number of methoxy groups -OCH3 is 1. The zero-order valence-corrected chi connectivity index (χ0v) is 11.6. The second kappa shape index (κ2) is 5.92. The lowest BCUT2D eigenvalue weighted by atomic mass is 10.3. The summed E-state index contributed by atoms with van der Waals surface area (Å²) in [6, 6.07) is 4.74. The normalized spacial score (nSPS) is 11.6. The third kappa shape index (κ3) is 3.27. The molecule has 0 saturated carbocycles. The average Bonchev–Trinajstić information content (AvgIpc) is 2.32. The summed E-state index contributed by atoms with van der Waals surface area (Å²) in [5.41, 5.74) is 6.55. The number of nitrogen functional groups attached to an aromatic ring is 1. The zero-order valence-electron chi connectivity index (χ0n) is 10.8. The molecule has 1 aromatic rings. The molecule has 0 aromatic heterocycles. The third-order valence-electron chi connectivity index (χ3n) is 2.53. The molecule has 0 spiro atoms. The Morgan fingerprint density at radius 3 is 2.44 bits per heavy atom. The Balaban J connectivity index is 2.97. The molecule has 0 heterocycles. The molecule has 1 aromatic carbocycles. The van der Waals surface area contributed by atoms with Crippen LogP contribution in [0.15, 0.2) is 18.2 Å². The lowest BCUT2D eigenvalue weighted by Gasteiger charge is -2.19. The van der Waals surface area contributed by atoms with Gasteiger partial charge in [0.05, 0.1) is 18.5 Å². The SMILES string of the molecule is CCN(CC)S(=O)(=O)Nc1ccc(N)c(OC)c1. The molecule has 0 bridgehead atoms. The van der Waals surface area contributed by atoms with Crippen molar-refractivity contribution in [3.8, 4) is 5.75 Å². The zero-order chi connectivity index (χ0) is 13.8. The van der Waals surface area contributed by atoms with Crippen molar-refractivity contribution in [1.82, 2.24) is 4.31 Å². The average molecular weight is 273 g/mol. The molecule has 0 atom stereocenters. The molecule has 102 valence electrons. The van der Waals surface area contributed by atoms with E-state index in [1.54, 1.807) is 32.0 Å². The van der Waals surface area contributed by atoms with Crippen molar-refractivity contribution < 1.29 is 13.2 Å². The van der Waals surface area contributed by atoms with E-state index in [0.29, 0.717) is 30.2 Å². The fraction of sp³-hybridized carbons (Fsp3) is 0.455. The lowest BCUT2D eigenvalue weighted by Crippen LogP contribution is -2.35. The number of anilines is 2. The predicted molar refractivity (Wildman–Crippen MR) is 72.9 cm³/mol. The second-order valence-electron chi connectivity index (χ2n) is 3.65. The maximum absolute atomic E-state index is 12.0. The van der Waals surface area contributed by atoms with E-state index < -0.39 is 10.2 Å². The lowest BCUT2D eigenvalue weighted by molar-refractivity contribution is 0.417. The molecule has 3 N–H and O–H groups in total. The highest BCUT2D eigenvalue weighted by Gasteiger charge is 2.18. The largest absolute Gasteiger partial charge is 0.495 e. The fourth-order valence-electron chi connectivity index (χ4n) is 1.55. The number of benzene rings is 1. The quantitative estimate of drug-likeness (QED) is 0.765. The summed E-state index contributed by atoms with van der Waals surface area (Å²) in [4.78, 5) is 0. The molecular formula is C11H19N3O3S. The molecule has 0 saturated heterocycles. The van der Waals surface area contributed by atoms with Gasteiger partial charge in [-0.3, -0.25) is 4.72 Å². The number of hydrogen-bond acceptors (Lipinski definition) is 4. The standard InChI is InChI=1S/C11H19N3O3S/c1-4-14(5-2)18(15,16)13-9-6-7-10(12)11(8-9)17-3/h6-8,13H,4-5,12H2,1-3H3. The van der Waals surface area contributed by atoms with Crippen LogP contribution in [0.2, 0.25) is 0 Å². The summed E-state index contributed by atoms with van der Waals surface area (Å²) in [7, 11) is -2.05. The van der Waals surface area contributed by atoms with Crippen molar-refractivity contribution >= 4 is 21.6 Å². The van der Waals surface area contributed by atoms with Crippen LogP contribution in [0, 0.1) is 0 Å². The van der Waals surface area contributed by atoms with Gasteiger partial charge in [-0.2, -0.15) is 12.7 Å². The molecule has 0 aliphatic rings. The van der Waals surface area contributed by atoms with Crippen LogP contribution in [0.1, 0.15) is 13.8 Å². The van der Waals surface area contributed by atoms with Crippen molar-refractivity contribution in [2.24, 2.45) is 0 Å². The van der Waals surface area contributed by atoms with Crippen molar-refractivity contribution in [3.05, 3.63) is 18.2 Å². The second-order valence-corrected chi connectivity index (χ2v) is 5.32. The Morgan fingerprint density at radius 2 is 1.94 bits per heavy atom. The molecule has 0 fully saturated rings. The predicted octanol–water partition coefficient (Wildman–Crippen LogP) is 1.28. The molecule has 1 rings (SSSR count). The van der Waals surface area contributed by atoms with Gasteiger partial charge in [-0.1, -0.05) is 13.8 Å². The minimum atomic E-state index is -3.53. The molecular weight excluding hydrogens is 254 g/mol. The maximum atomic E-state index is 12.0. The van der Waals surface area contributed by atoms with E-state index in [1.807, 2.05) is 0 Å². The van der Waals surface area contributed by atoms with E-state index in [2.05, 4.69) is 4.72 Å². The third-order valence-corrected chi connectivity index (χ3v) is 4.22. The monoisotopic (exact) mass is 273 g/mol. The fourth-order valence-corrected chi connectivity index (χ4v) is 2.79. The Labute approximate surface area is 108 Å². The number of rotatable bonds is 6. The van der Waals surface area contributed by atoms with Gasteiger partial charge in [0, 0.05) is 19.2 Å². The van der Waals surface area contributed by atoms with Gasteiger partial charge >= 0.3 is 10.2 Å². The maximum Gasteiger partial charge on any atom is 0.301 e. The van der Waals surface area contributed by atoms with Gasteiger partial charge < -0.3 is 10.5 Å². The Kier molecular flexibility index (Phi) is 4.80. The first-order valence-electron chi connectivity index (χ1n) is 5.66. The van der Waals surface area contributed by atoms with E-state index in [4.69, 9.17) is 10.5 Å². The van der Waals surface area contributed by atoms with Crippen molar-refractivity contribution in [1.29, 1.82) is 0 Å². The molecule has 7 heteroatoms. The first kappa shape index (κ1) is 14.6. The summed E-state index contributed by atoms with van der Waals surface area (Å²) in [6.07, 6.45) is 0. The van der Waals surface area contributed by atoms with Gasteiger partial charge in [0.15, 0.2) is 0 Å². The minimum Gasteiger partial charge on any atom is -0.495 e. The first-order chi connectivity index (χ1) is 8.44. The van der Waals surface area contributed by atoms with Crippen molar-refractivity contribution in [2.45, 2.75) is 13.8 Å². The highest BCUT2D eigenvalue weighted by atomic mass is 32.2. The Bertz CT molecular complexity index is 498. The number of nitrogens with two attached hydrogens (primary N) is 1. The molecule has 6 nitrogen and oxygen atoms in total. The van der Waals surface area contributed by atoms with E-state index in [1.165, 1.54) is 11.4 Å². The van der Waals surface area contributed by atoms with Crippen LogP contribution in [0.25, 0.3) is 0 Å². The molecule has 18 heavy (non-hydrogen) atoms. The summed E-state index contributed by atoms with van der Waals surface area (Å²) in [5, 5.41) is 0. The van der Waals surface area contributed by atoms with Gasteiger partial charge in [-0.15, -0.1) is 0 Å². The van der Waals surface area contributed by atoms with Gasteiger partial charge in [0.25, 0.3) is 0 Å². The van der Waals surface area contributed by atoms with Crippen LogP contribution >= 0.6 is 0 Å². The van der Waals surface area contributed by atoms with E-state index in [0.717, 1.165) is 0 Å². The van der Waals surface area contributed by atoms with E-state index >= 15 is 0 Å². The van der Waals surface area contributed by atoms with E-state index in [-0.39, 0.29) is 0 Å². The summed E-state index contributed by atoms with van der Waals surface area (Å²) >= 11 is 0. The van der Waals surface area contributed by atoms with E-state index in [9.17, 15) is 8.42 Å². The molecule has 0 aliphatic heterocycles. The molecule has 0 aliphatic carbocycles. The van der Waals surface area contributed by atoms with Crippen LogP contribution in [0.3, 0.4) is 0 Å². The van der Waals surface area contributed by atoms with Gasteiger partial charge in [-0.05, 0) is 12.1 Å². The number of nitrogens with one attached hydrogen (secondary N) is 1. The highest BCUT2D eigenvalue weighted by molar-refractivity contribution is 7.90.